The van der Waals surface area contributed by atoms with E-state index in [4.69, 9.17) is 9.47 Å². The van der Waals surface area contributed by atoms with Crippen molar-refractivity contribution >= 4 is 11.3 Å². The first-order chi connectivity index (χ1) is 6.25. The highest BCUT2D eigenvalue weighted by Gasteiger charge is 2.18. The van der Waals surface area contributed by atoms with Gasteiger partial charge in [0, 0.05) is 11.3 Å². The zero-order valence-electron chi connectivity index (χ0n) is 7.87. The van der Waals surface area contributed by atoms with E-state index >= 15 is 0 Å². The number of aryl methyl sites for hydroxylation is 2. The van der Waals surface area contributed by atoms with Crippen LogP contribution < -0.4 is 4.74 Å². The van der Waals surface area contributed by atoms with Crippen LogP contribution in [0.15, 0.2) is 0 Å². The van der Waals surface area contributed by atoms with Gasteiger partial charge in [0.15, 0.2) is 0 Å². The zero-order valence-corrected chi connectivity index (χ0v) is 8.69. The van der Waals surface area contributed by atoms with Crippen molar-refractivity contribution in [2.45, 2.75) is 26.4 Å². The summed E-state index contributed by atoms with van der Waals surface area (Å²) in [6, 6.07) is 0. The highest BCUT2D eigenvalue weighted by Crippen LogP contribution is 2.25. The van der Waals surface area contributed by atoms with Crippen molar-refractivity contribution in [3.8, 4) is 5.19 Å². The Labute approximate surface area is 81.7 Å². The Balaban J connectivity index is 2.00. The predicted molar refractivity (Wildman–Crippen MR) is 51.4 cm³/mol. The fraction of sp³-hybridized carbons (Fsp3) is 0.667. The molecule has 0 aromatic carbocycles. The van der Waals surface area contributed by atoms with Gasteiger partial charge in [0.1, 0.15) is 6.10 Å². The quantitative estimate of drug-likeness (QED) is 0.729. The molecule has 2 rings (SSSR count). The first-order valence-corrected chi connectivity index (χ1v) is 5.26. The molecule has 0 amide bonds. The van der Waals surface area contributed by atoms with E-state index in [9.17, 15) is 0 Å². The highest BCUT2D eigenvalue weighted by molar-refractivity contribution is 7.13. The molecule has 72 valence electrons. The maximum absolute atomic E-state index is 5.66. The molecule has 0 bridgehead atoms. The van der Waals surface area contributed by atoms with Crippen LogP contribution in [0, 0.1) is 13.8 Å². The molecule has 1 fully saturated rings. The summed E-state index contributed by atoms with van der Waals surface area (Å²) >= 11 is 1.61. The average Bonchev–Trinajstić information content (AvgIpc) is 2.64. The molecule has 4 heteroatoms. The molecule has 1 aromatic heterocycles. The lowest BCUT2D eigenvalue weighted by Gasteiger charge is -2.06. The van der Waals surface area contributed by atoms with Crippen molar-refractivity contribution in [3.05, 3.63) is 10.6 Å². The molecule has 2 heterocycles. The molecule has 13 heavy (non-hydrogen) atoms. The third-order valence-corrected chi connectivity index (χ3v) is 3.13. The number of aromatic nitrogens is 1. The van der Waals surface area contributed by atoms with Crippen LogP contribution in [0.5, 0.6) is 5.19 Å². The van der Waals surface area contributed by atoms with Crippen molar-refractivity contribution in [2.75, 3.05) is 13.2 Å². The fourth-order valence-corrected chi connectivity index (χ4v) is 2.06. The molecular formula is C9H13NO2S. The van der Waals surface area contributed by atoms with Crippen LogP contribution in [-0.4, -0.2) is 24.3 Å². The maximum atomic E-state index is 5.66. The second-order valence-corrected chi connectivity index (χ2v) is 4.39. The molecule has 0 radical (unpaired) electrons. The molecule has 0 N–H and O–H groups in total. The summed E-state index contributed by atoms with van der Waals surface area (Å²) in [5.41, 5.74) is 1.07. The molecule has 0 spiro atoms. The van der Waals surface area contributed by atoms with Gasteiger partial charge in [0.05, 0.1) is 18.9 Å². The lowest BCUT2D eigenvalue weighted by Crippen LogP contribution is -2.15. The Hall–Kier alpha value is -0.610. The zero-order chi connectivity index (χ0) is 9.26. The van der Waals surface area contributed by atoms with Crippen LogP contribution in [0.2, 0.25) is 0 Å². The molecule has 0 aliphatic carbocycles. The first-order valence-electron chi connectivity index (χ1n) is 4.44. The molecule has 1 saturated heterocycles. The Morgan fingerprint density at radius 2 is 2.38 bits per heavy atom. The second-order valence-electron chi connectivity index (χ2n) is 3.22. The van der Waals surface area contributed by atoms with E-state index in [1.54, 1.807) is 11.3 Å². The smallest absolute Gasteiger partial charge is 0.273 e. The molecule has 1 unspecified atom stereocenters. The number of thiazole rings is 1. The fourth-order valence-electron chi connectivity index (χ4n) is 1.24. The molecule has 1 aliphatic heterocycles. The van der Waals surface area contributed by atoms with E-state index in [-0.39, 0.29) is 6.10 Å². The molecule has 1 atom stereocenters. The molecular weight excluding hydrogens is 186 g/mol. The second kappa shape index (κ2) is 3.64. The molecule has 1 aromatic rings. The minimum absolute atomic E-state index is 0.213. The minimum Gasteiger partial charge on any atom is -0.464 e. The van der Waals surface area contributed by atoms with Crippen LogP contribution in [0.1, 0.15) is 17.0 Å². The maximum Gasteiger partial charge on any atom is 0.273 e. The predicted octanol–water partition coefficient (Wildman–Crippen LogP) is 1.93. The summed E-state index contributed by atoms with van der Waals surface area (Å²) in [5, 5.41) is 0.783. The van der Waals surface area contributed by atoms with E-state index in [1.165, 1.54) is 4.88 Å². The SMILES string of the molecule is Cc1nc(OC2CCOC2)sc1C. The highest BCUT2D eigenvalue weighted by atomic mass is 32.1. The summed E-state index contributed by atoms with van der Waals surface area (Å²) in [6.45, 7) is 5.58. The number of nitrogens with zero attached hydrogens (tertiary/aromatic N) is 1. The molecule has 1 aliphatic rings. The van der Waals surface area contributed by atoms with Gasteiger partial charge in [-0.3, -0.25) is 0 Å². The van der Waals surface area contributed by atoms with Crippen LogP contribution in [0.4, 0.5) is 0 Å². The summed E-state index contributed by atoms with van der Waals surface area (Å²) in [4.78, 5) is 5.54. The van der Waals surface area contributed by atoms with Gasteiger partial charge in [-0.15, -0.1) is 0 Å². The van der Waals surface area contributed by atoms with Crippen LogP contribution in [-0.2, 0) is 4.74 Å². The Kier molecular flexibility index (Phi) is 2.51. The lowest BCUT2D eigenvalue weighted by molar-refractivity contribution is 0.141. The van der Waals surface area contributed by atoms with Gasteiger partial charge in [0.25, 0.3) is 5.19 Å². The third-order valence-electron chi connectivity index (χ3n) is 2.16. The Morgan fingerprint density at radius 1 is 1.54 bits per heavy atom. The third kappa shape index (κ3) is 2.00. The van der Waals surface area contributed by atoms with E-state index < -0.39 is 0 Å². The Bertz CT molecular complexity index is 272. The van der Waals surface area contributed by atoms with Crippen molar-refractivity contribution in [1.82, 2.24) is 4.98 Å². The average molecular weight is 199 g/mol. The first kappa shape index (κ1) is 8.97. The van der Waals surface area contributed by atoms with Crippen LogP contribution in [0.25, 0.3) is 0 Å². The monoisotopic (exact) mass is 199 g/mol. The summed E-state index contributed by atoms with van der Waals surface area (Å²) in [6.07, 6.45) is 1.20. The summed E-state index contributed by atoms with van der Waals surface area (Å²) in [7, 11) is 0. The van der Waals surface area contributed by atoms with Gasteiger partial charge in [-0.25, -0.2) is 4.98 Å². The van der Waals surface area contributed by atoms with Gasteiger partial charge in [-0.05, 0) is 13.8 Å². The molecule has 0 saturated carbocycles. The molecule has 3 nitrogen and oxygen atoms in total. The van der Waals surface area contributed by atoms with E-state index in [2.05, 4.69) is 11.9 Å². The van der Waals surface area contributed by atoms with E-state index in [0.717, 1.165) is 23.9 Å². The van der Waals surface area contributed by atoms with E-state index in [0.29, 0.717) is 6.61 Å². The van der Waals surface area contributed by atoms with Crippen LogP contribution >= 0.6 is 11.3 Å². The summed E-state index contributed by atoms with van der Waals surface area (Å²) in [5.74, 6) is 0. The Morgan fingerprint density at radius 3 is 2.92 bits per heavy atom. The summed E-state index contributed by atoms with van der Waals surface area (Å²) < 4.78 is 10.9. The topological polar surface area (TPSA) is 31.4 Å². The number of hydrogen-bond donors (Lipinski definition) is 0. The van der Waals surface area contributed by atoms with Gasteiger partial charge < -0.3 is 9.47 Å². The standard InChI is InChI=1S/C9H13NO2S/c1-6-7(2)13-9(10-6)12-8-3-4-11-5-8/h8H,3-5H2,1-2H3. The van der Waals surface area contributed by atoms with Crippen molar-refractivity contribution in [2.24, 2.45) is 0 Å². The van der Waals surface area contributed by atoms with Gasteiger partial charge in [-0.2, -0.15) is 0 Å². The van der Waals surface area contributed by atoms with Gasteiger partial charge in [0.2, 0.25) is 0 Å². The van der Waals surface area contributed by atoms with Crippen LogP contribution in [0.3, 0.4) is 0 Å². The van der Waals surface area contributed by atoms with Gasteiger partial charge >= 0.3 is 0 Å². The van der Waals surface area contributed by atoms with E-state index in [1.807, 2.05) is 6.92 Å². The van der Waals surface area contributed by atoms with Crippen molar-refractivity contribution < 1.29 is 9.47 Å². The number of rotatable bonds is 2. The minimum atomic E-state index is 0.213. The van der Waals surface area contributed by atoms with Crippen molar-refractivity contribution in [1.29, 1.82) is 0 Å². The lowest BCUT2D eigenvalue weighted by atomic mass is 10.3. The number of ether oxygens (including phenoxy) is 2. The normalized spacial score (nSPS) is 22.2. The largest absolute Gasteiger partial charge is 0.464 e. The van der Waals surface area contributed by atoms with Crippen molar-refractivity contribution in [3.63, 3.8) is 0 Å². The van der Waals surface area contributed by atoms with Gasteiger partial charge in [-0.1, -0.05) is 11.3 Å². The number of hydrogen-bond acceptors (Lipinski definition) is 4.